The van der Waals surface area contributed by atoms with Crippen molar-refractivity contribution in [1.82, 2.24) is 19.7 Å². The zero-order valence-electron chi connectivity index (χ0n) is 9.35. The van der Waals surface area contributed by atoms with Crippen LogP contribution < -0.4 is 0 Å². The summed E-state index contributed by atoms with van der Waals surface area (Å²) in [5, 5.41) is 11.1. The fourth-order valence-corrected chi connectivity index (χ4v) is 1.96. The van der Waals surface area contributed by atoms with Crippen molar-refractivity contribution >= 4 is 11.3 Å². The lowest BCUT2D eigenvalue weighted by Crippen LogP contribution is -2.21. The SMILES string of the molecule is Cc1nc(-c2nncn2C(C)(C)C)cs1. The molecule has 4 nitrogen and oxygen atoms in total. The molecule has 0 saturated heterocycles. The molecule has 80 valence electrons. The first-order chi connectivity index (χ1) is 6.98. The first-order valence-corrected chi connectivity index (χ1v) is 5.69. The summed E-state index contributed by atoms with van der Waals surface area (Å²) in [5.74, 6) is 0.840. The average Bonchev–Trinajstić information content (AvgIpc) is 2.68. The molecule has 2 heterocycles. The maximum absolute atomic E-state index is 4.42. The zero-order valence-corrected chi connectivity index (χ0v) is 10.2. The molecule has 0 N–H and O–H groups in total. The molecule has 0 aliphatic carbocycles. The molecule has 2 aromatic rings. The van der Waals surface area contributed by atoms with Crippen molar-refractivity contribution in [3.63, 3.8) is 0 Å². The van der Waals surface area contributed by atoms with E-state index in [-0.39, 0.29) is 5.54 Å². The van der Waals surface area contributed by atoms with E-state index in [0.29, 0.717) is 0 Å². The number of hydrogen-bond acceptors (Lipinski definition) is 4. The largest absolute Gasteiger partial charge is 0.307 e. The lowest BCUT2D eigenvalue weighted by atomic mass is 10.1. The standard InChI is InChI=1S/C10H14N4S/c1-7-12-8(5-15-7)9-13-11-6-14(9)10(2,3)4/h5-6H,1-4H3. The Morgan fingerprint density at radius 2 is 2.07 bits per heavy atom. The molecular formula is C10H14N4S. The van der Waals surface area contributed by atoms with Crippen LogP contribution in [0.1, 0.15) is 25.8 Å². The van der Waals surface area contributed by atoms with E-state index < -0.39 is 0 Å². The molecule has 0 unspecified atom stereocenters. The monoisotopic (exact) mass is 222 g/mol. The van der Waals surface area contributed by atoms with Crippen molar-refractivity contribution in [2.75, 3.05) is 0 Å². The summed E-state index contributed by atoms with van der Waals surface area (Å²) in [6, 6.07) is 0. The second kappa shape index (κ2) is 3.41. The predicted octanol–water partition coefficient (Wildman–Crippen LogP) is 2.47. The first kappa shape index (κ1) is 10.3. The highest BCUT2D eigenvalue weighted by atomic mass is 32.1. The van der Waals surface area contributed by atoms with E-state index in [0.717, 1.165) is 16.5 Å². The number of aromatic nitrogens is 4. The Bertz CT molecular complexity index is 464. The van der Waals surface area contributed by atoms with Gasteiger partial charge in [-0.2, -0.15) is 0 Å². The maximum Gasteiger partial charge on any atom is 0.183 e. The Morgan fingerprint density at radius 1 is 1.33 bits per heavy atom. The average molecular weight is 222 g/mol. The van der Waals surface area contributed by atoms with Crippen molar-refractivity contribution in [2.24, 2.45) is 0 Å². The fourth-order valence-electron chi connectivity index (χ4n) is 1.37. The zero-order chi connectivity index (χ0) is 11.1. The van der Waals surface area contributed by atoms with Gasteiger partial charge in [-0.25, -0.2) is 4.98 Å². The maximum atomic E-state index is 4.42. The normalized spacial score (nSPS) is 12.0. The molecule has 0 atom stereocenters. The molecule has 0 bridgehead atoms. The van der Waals surface area contributed by atoms with Gasteiger partial charge in [0.25, 0.3) is 0 Å². The number of rotatable bonds is 1. The molecule has 5 heteroatoms. The minimum absolute atomic E-state index is 0.0175. The van der Waals surface area contributed by atoms with Crippen molar-refractivity contribution in [3.05, 3.63) is 16.7 Å². The van der Waals surface area contributed by atoms with E-state index in [1.54, 1.807) is 17.7 Å². The van der Waals surface area contributed by atoms with Crippen LogP contribution in [0.15, 0.2) is 11.7 Å². The Morgan fingerprint density at radius 3 is 2.60 bits per heavy atom. The quantitative estimate of drug-likeness (QED) is 0.744. The molecule has 0 aliphatic rings. The lowest BCUT2D eigenvalue weighted by Gasteiger charge is -2.21. The van der Waals surface area contributed by atoms with E-state index in [4.69, 9.17) is 0 Å². The topological polar surface area (TPSA) is 43.6 Å². The molecule has 0 amide bonds. The lowest BCUT2D eigenvalue weighted by molar-refractivity contribution is 0.399. The van der Waals surface area contributed by atoms with E-state index in [1.165, 1.54) is 0 Å². The van der Waals surface area contributed by atoms with Gasteiger partial charge in [-0.3, -0.25) is 0 Å². The molecule has 2 aromatic heterocycles. The number of aryl methyl sites for hydroxylation is 1. The van der Waals surface area contributed by atoms with Gasteiger partial charge in [0.05, 0.1) is 5.01 Å². The van der Waals surface area contributed by atoms with Crippen LogP contribution in [0.2, 0.25) is 0 Å². The van der Waals surface area contributed by atoms with Crippen LogP contribution in [-0.2, 0) is 5.54 Å². The van der Waals surface area contributed by atoms with Crippen molar-refractivity contribution in [2.45, 2.75) is 33.2 Å². The molecule has 0 fully saturated rings. The molecule has 0 aliphatic heterocycles. The summed E-state index contributed by atoms with van der Waals surface area (Å²) >= 11 is 1.63. The Labute approximate surface area is 93.0 Å². The smallest absolute Gasteiger partial charge is 0.183 e. The molecule has 0 radical (unpaired) electrons. The molecular weight excluding hydrogens is 208 g/mol. The summed E-state index contributed by atoms with van der Waals surface area (Å²) in [6.07, 6.45) is 1.75. The van der Waals surface area contributed by atoms with Gasteiger partial charge in [0.15, 0.2) is 5.82 Å². The number of hydrogen-bond donors (Lipinski definition) is 0. The van der Waals surface area contributed by atoms with Crippen LogP contribution in [0, 0.1) is 6.92 Å². The number of nitrogens with zero attached hydrogens (tertiary/aromatic N) is 4. The highest BCUT2D eigenvalue weighted by molar-refractivity contribution is 7.09. The Kier molecular flexibility index (Phi) is 2.34. The molecule has 0 aromatic carbocycles. The third-order valence-corrected chi connectivity index (χ3v) is 2.89. The van der Waals surface area contributed by atoms with E-state index >= 15 is 0 Å². The second-order valence-electron chi connectivity index (χ2n) is 4.45. The van der Waals surface area contributed by atoms with Crippen LogP contribution >= 0.6 is 11.3 Å². The highest BCUT2D eigenvalue weighted by Crippen LogP contribution is 2.24. The highest BCUT2D eigenvalue weighted by Gasteiger charge is 2.19. The summed E-state index contributed by atoms with van der Waals surface area (Å²) < 4.78 is 2.04. The third kappa shape index (κ3) is 1.92. The van der Waals surface area contributed by atoms with Gasteiger partial charge in [0.1, 0.15) is 12.0 Å². The van der Waals surface area contributed by atoms with Gasteiger partial charge in [-0.1, -0.05) is 0 Å². The van der Waals surface area contributed by atoms with Gasteiger partial charge < -0.3 is 4.57 Å². The van der Waals surface area contributed by atoms with Crippen LogP contribution in [0.5, 0.6) is 0 Å². The molecule has 15 heavy (non-hydrogen) atoms. The van der Waals surface area contributed by atoms with Crippen molar-refractivity contribution in [3.8, 4) is 11.5 Å². The predicted molar refractivity (Wildman–Crippen MR) is 60.9 cm³/mol. The summed E-state index contributed by atoms with van der Waals surface area (Å²) in [6.45, 7) is 8.36. The Hall–Kier alpha value is -1.23. The first-order valence-electron chi connectivity index (χ1n) is 4.81. The summed E-state index contributed by atoms with van der Waals surface area (Å²) in [7, 11) is 0. The van der Waals surface area contributed by atoms with E-state index in [1.807, 2.05) is 16.9 Å². The third-order valence-electron chi connectivity index (χ3n) is 2.12. The van der Waals surface area contributed by atoms with Gasteiger partial charge >= 0.3 is 0 Å². The molecule has 0 saturated carbocycles. The van der Waals surface area contributed by atoms with E-state index in [2.05, 4.69) is 36.0 Å². The summed E-state index contributed by atoms with van der Waals surface area (Å²) in [4.78, 5) is 4.42. The van der Waals surface area contributed by atoms with Gasteiger partial charge in [-0.15, -0.1) is 21.5 Å². The van der Waals surface area contributed by atoms with Crippen molar-refractivity contribution in [1.29, 1.82) is 0 Å². The number of thiazole rings is 1. The summed E-state index contributed by atoms with van der Waals surface area (Å²) in [5.41, 5.74) is 0.890. The minimum atomic E-state index is -0.0175. The second-order valence-corrected chi connectivity index (χ2v) is 5.51. The van der Waals surface area contributed by atoms with Crippen LogP contribution in [0.4, 0.5) is 0 Å². The van der Waals surface area contributed by atoms with Crippen LogP contribution in [-0.4, -0.2) is 19.7 Å². The van der Waals surface area contributed by atoms with Crippen molar-refractivity contribution < 1.29 is 0 Å². The van der Waals surface area contributed by atoms with Crippen LogP contribution in [0.25, 0.3) is 11.5 Å². The minimum Gasteiger partial charge on any atom is -0.307 e. The Balaban J connectivity index is 2.50. The van der Waals surface area contributed by atoms with E-state index in [9.17, 15) is 0 Å². The van der Waals surface area contributed by atoms with Gasteiger partial charge in [-0.05, 0) is 27.7 Å². The molecule has 0 spiro atoms. The fraction of sp³-hybridized carbons (Fsp3) is 0.500. The van der Waals surface area contributed by atoms with Crippen LogP contribution in [0.3, 0.4) is 0 Å². The molecule has 2 rings (SSSR count). The van der Waals surface area contributed by atoms with Gasteiger partial charge in [0.2, 0.25) is 0 Å². The van der Waals surface area contributed by atoms with Gasteiger partial charge in [0, 0.05) is 10.9 Å².